The summed E-state index contributed by atoms with van der Waals surface area (Å²) in [6, 6.07) is 4.44. The Morgan fingerprint density at radius 3 is 2.70 bits per heavy atom. The summed E-state index contributed by atoms with van der Waals surface area (Å²) in [4.78, 5) is 15.9. The molecule has 1 aromatic carbocycles. The third-order valence-electron chi connectivity index (χ3n) is 2.60. The van der Waals surface area contributed by atoms with Crippen molar-refractivity contribution in [3.8, 4) is 10.6 Å². The van der Waals surface area contributed by atoms with E-state index in [-0.39, 0.29) is 10.7 Å². The molecular formula is C14H13BrFNO2S. The van der Waals surface area contributed by atoms with Crippen LogP contribution in [-0.2, 0) is 6.42 Å². The lowest BCUT2D eigenvalue weighted by Crippen LogP contribution is -2.02. The number of nitrogens with zero attached hydrogens (tertiary/aromatic N) is 1. The first kappa shape index (κ1) is 15.1. The van der Waals surface area contributed by atoms with Crippen molar-refractivity contribution in [1.82, 2.24) is 4.98 Å². The van der Waals surface area contributed by atoms with Crippen LogP contribution in [0.5, 0.6) is 0 Å². The summed E-state index contributed by atoms with van der Waals surface area (Å²) in [5.74, 6) is -1.06. The molecular weight excluding hydrogens is 345 g/mol. The van der Waals surface area contributed by atoms with Crippen LogP contribution in [0.1, 0.15) is 29.2 Å². The summed E-state index contributed by atoms with van der Waals surface area (Å²) in [5, 5.41) is 9.76. The van der Waals surface area contributed by atoms with Crippen LogP contribution in [0.4, 0.5) is 4.39 Å². The average molecular weight is 358 g/mol. The van der Waals surface area contributed by atoms with E-state index in [2.05, 4.69) is 20.9 Å². The number of aromatic nitrogens is 1. The second-order valence-electron chi connectivity index (χ2n) is 4.86. The fourth-order valence-electron chi connectivity index (χ4n) is 1.84. The van der Waals surface area contributed by atoms with E-state index in [0.29, 0.717) is 33.1 Å². The maximum absolute atomic E-state index is 13.4. The second kappa shape index (κ2) is 6.01. The predicted molar refractivity (Wildman–Crippen MR) is 80.7 cm³/mol. The molecule has 0 saturated heterocycles. The Morgan fingerprint density at radius 1 is 1.45 bits per heavy atom. The van der Waals surface area contributed by atoms with Gasteiger partial charge in [-0.1, -0.05) is 29.8 Å². The normalized spacial score (nSPS) is 11.1. The zero-order valence-electron chi connectivity index (χ0n) is 11.0. The standard InChI is InChI=1S/C14H13BrFNO2S/c1-7(2)3-11-12(14(18)19)20-13(17-11)8-4-9(15)6-10(16)5-8/h4-7H,3H2,1-2H3,(H,18,19). The van der Waals surface area contributed by atoms with Gasteiger partial charge in [-0.25, -0.2) is 14.2 Å². The van der Waals surface area contributed by atoms with Gasteiger partial charge in [0, 0.05) is 10.0 Å². The minimum absolute atomic E-state index is 0.231. The summed E-state index contributed by atoms with van der Waals surface area (Å²) in [5.41, 5.74) is 1.15. The van der Waals surface area contributed by atoms with Crippen molar-refractivity contribution >= 4 is 33.2 Å². The number of halogens is 2. The second-order valence-corrected chi connectivity index (χ2v) is 6.77. The monoisotopic (exact) mass is 357 g/mol. The minimum atomic E-state index is -0.986. The number of carboxylic acids is 1. The van der Waals surface area contributed by atoms with Crippen molar-refractivity contribution in [2.45, 2.75) is 20.3 Å². The van der Waals surface area contributed by atoms with E-state index in [1.54, 1.807) is 6.07 Å². The van der Waals surface area contributed by atoms with Crippen molar-refractivity contribution in [3.05, 3.63) is 39.1 Å². The Hall–Kier alpha value is -1.27. The highest BCUT2D eigenvalue weighted by Crippen LogP contribution is 2.31. The Morgan fingerprint density at radius 2 is 2.15 bits per heavy atom. The quantitative estimate of drug-likeness (QED) is 0.869. The van der Waals surface area contributed by atoms with Crippen molar-refractivity contribution in [2.75, 3.05) is 0 Å². The summed E-state index contributed by atoms with van der Waals surface area (Å²) in [6.45, 7) is 4.01. The number of hydrogen-bond donors (Lipinski definition) is 1. The Kier molecular flexibility index (Phi) is 4.55. The summed E-state index contributed by atoms with van der Waals surface area (Å²) < 4.78 is 14.0. The molecule has 0 unspecified atom stereocenters. The average Bonchev–Trinajstić information content (AvgIpc) is 2.70. The molecule has 20 heavy (non-hydrogen) atoms. The molecule has 1 aromatic heterocycles. The highest BCUT2D eigenvalue weighted by Gasteiger charge is 2.19. The molecule has 0 radical (unpaired) electrons. The molecule has 0 spiro atoms. The van der Waals surface area contributed by atoms with E-state index >= 15 is 0 Å². The van der Waals surface area contributed by atoms with Crippen LogP contribution in [0.15, 0.2) is 22.7 Å². The van der Waals surface area contributed by atoms with E-state index < -0.39 is 5.97 Å². The Labute approximate surface area is 128 Å². The molecule has 0 fully saturated rings. The highest BCUT2D eigenvalue weighted by atomic mass is 79.9. The van der Waals surface area contributed by atoms with Crippen molar-refractivity contribution in [1.29, 1.82) is 0 Å². The molecule has 0 aliphatic heterocycles. The summed E-state index contributed by atoms with van der Waals surface area (Å²) >= 11 is 4.31. The third kappa shape index (κ3) is 3.43. The van der Waals surface area contributed by atoms with Crippen LogP contribution < -0.4 is 0 Å². The van der Waals surface area contributed by atoms with E-state index in [9.17, 15) is 14.3 Å². The third-order valence-corrected chi connectivity index (χ3v) is 4.20. The maximum Gasteiger partial charge on any atom is 0.347 e. The van der Waals surface area contributed by atoms with E-state index in [4.69, 9.17) is 0 Å². The van der Waals surface area contributed by atoms with Crippen molar-refractivity contribution in [3.63, 3.8) is 0 Å². The first-order valence-corrected chi connectivity index (χ1v) is 7.67. The first-order chi connectivity index (χ1) is 9.36. The molecule has 3 nitrogen and oxygen atoms in total. The van der Waals surface area contributed by atoms with Crippen LogP contribution >= 0.6 is 27.3 Å². The first-order valence-electron chi connectivity index (χ1n) is 6.06. The van der Waals surface area contributed by atoms with Crippen LogP contribution in [0.3, 0.4) is 0 Å². The molecule has 106 valence electrons. The van der Waals surface area contributed by atoms with Gasteiger partial charge in [0.15, 0.2) is 0 Å². The lowest BCUT2D eigenvalue weighted by Gasteiger charge is -2.01. The van der Waals surface area contributed by atoms with Crippen LogP contribution in [-0.4, -0.2) is 16.1 Å². The smallest absolute Gasteiger partial charge is 0.347 e. The number of carbonyl (C=O) groups is 1. The van der Waals surface area contributed by atoms with E-state index in [0.717, 1.165) is 11.3 Å². The van der Waals surface area contributed by atoms with Crippen LogP contribution in [0.25, 0.3) is 10.6 Å². The minimum Gasteiger partial charge on any atom is -0.477 e. The van der Waals surface area contributed by atoms with Gasteiger partial charge in [-0.05, 0) is 30.5 Å². The lowest BCUT2D eigenvalue weighted by atomic mass is 10.1. The van der Waals surface area contributed by atoms with E-state index in [1.807, 2.05) is 13.8 Å². The fraction of sp³-hybridized carbons (Fsp3) is 0.286. The van der Waals surface area contributed by atoms with Gasteiger partial charge in [0.2, 0.25) is 0 Å². The van der Waals surface area contributed by atoms with Gasteiger partial charge < -0.3 is 5.11 Å². The molecule has 2 rings (SSSR count). The van der Waals surface area contributed by atoms with Gasteiger partial charge in [0.25, 0.3) is 0 Å². The van der Waals surface area contributed by atoms with Crippen LogP contribution in [0.2, 0.25) is 0 Å². The van der Waals surface area contributed by atoms with Gasteiger partial charge in [0.1, 0.15) is 15.7 Å². The van der Waals surface area contributed by atoms with Gasteiger partial charge in [-0.2, -0.15) is 0 Å². The number of benzene rings is 1. The number of aromatic carboxylic acids is 1. The molecule has 0 saturated carbocycles. The van der Waals surface area contributed by atoms with Gasteiger partial charge in [-0.3, -0.25) is 0 Å². The number of rotatable bonds is 4. The Balaban J connectivity index is 2.49. The summed E-state index contributed by atoms with van der Waals surface area (Å²) in [7, 11) is 0. The zero-order chi connectivity index (χ0) is 14.9. The molecule has 1 N–H and O–H groups in total. The molecule has 6 heteroatoms. The molecule has 0 atom stereocenters. The molecule has 0 amide bonds. The SMILES string of the molecule is CC(C)Cc1nc(-c2cc(F)cc(Br)c2)sc1C(=O)O. The van der Waals surface area contributed by atoms with Crippen molar-refractivity contribution < 1.29 is 14.3 Å². The topological polar surface area (TPSA) is 50.2 Å². The number of hydrogen-bond acceptors (Lipinski definition) is 3. The summed E-state index contributed by atoms with van der Waals surface area (Å²) in [6.07, 6.45) is 0.592. The van der Waals surface area contributed by atoms with Crippen molar-refractivity contribution in [2.24, 2.45) is 5.92 Å². The maximum atomic E-state index is 13.4. The molecule has 0 aliphatic carbocycles. The molecule has 0 bridgehead atoms. The van der Waals surface area contributed by atoms with Gasteiger partial charge in [0.05, 0.1) is 5.69 Å². The van der Waals surface area contributed by atoms with Gasteiger partial charge in [-0.15, -0.1) is 11.3 Å². The van der Waals surface area contributed by atoms with Gasteiger partial charge >= 0.3 is 5.97 Å². The lowest BCUT2D eigenvalue weighted by molar-refractivity contribution is 0.0700. The van der Waals surface area contributed by atoms with Crippen LogP contribution in [0, 0.1) is 11.7 Å². The number of thiazole rings is 1. The predicted octanol–water partition coefficient (Wildman–Crippen LogP) is 4.61. The molecule has 0 aliphatic rings. The van der Waals surface area contributed by atoms with E-state index in [1.165, 1.54) is 12.1 Å². The number of carboxylic acid groups (broad SMARTS) is 1. The largest absolute Gasteiger partial charge is 0.477 e. The molecule has 1 heterocycles. The fourth-order valence-corrected chi connectivity index (χ4v) is 3.23. The Bertz CT molecular complexity index is 634. The zero-order valence-corrected chi connectivity index (χ0v) is 13.4. The molecule has 2 aromatic rings. The highest BCUT2D eigenvalue weighted by molar-refractivity contribution is 9.10.